The molecule has 0 saturated heterocycles. The number of rotatable bonds is 5. The molecular weight excluding hydrogens is 508 g/mol. The summed E-state index contributed by atoms with van der Waals surface area (Å²) >= 11 is 0. The van der Waals surface area contributed by atoms with E-state index in [1.807, 2.05) is 13.8 Å². The number of amides is 1. The number of carbonyl (C=O) groups excluding carboxylic acids is 3. The second kappa shape index (κ2) is 9.63. The molecule has 1 aliphatic heterocycles. The van der Waals surface area contributed by atoms with E-state index in [0.29, 0.717) is 18.4 Å². The summed E-state index contributed by atoms with van der Waals surface area (Å²) in [5.41, 5.74) is 5.49. The molecule has 1 aliphatic carbocycles. The van der Waals surface area contributed by atoms with Crippen molar-refractivity contribution in [2.24, 2.45) is 22.0 Å². The highest BCUT2D eigenvalue weighted by Crippen LogP contribution is 2.40. The zero-order valence-corrected chi connectivity index (χ0v) is 22.8. The van der Waals surface area contributed by atoms with E-state index in [1.165, 1.54) is 18.2 Å². The molecule has 0 bridgehead atoms. The van der Waals surface area contributed by atoms with E-state index in [9.17, 15) is 22.8 Å². The lowest BCUT2D eigenvalue weighted by Gasteiger charge is -2.38. The van der Waals surface area contributed by atoms with Gasteiger partial charge in [0.15, 0.2) is 11.6 Å². The van der Waals surface area contributed by atoms with E-state index < -0.39 is 44.7 Å². The predicted molar refractivity (Wildman–Crippen MR) is 144 cm³/mol. The average Bonchev–Trinajstić information content (AvgIpc) is 2.80. The van der Waals surface area contributed by atoms with Gasteiger partial charge in [-0.25, -0.2) is 4.79 Å². The van der Waals surface area contributed by atoms with Crippen molar-refractivity contribution in [1.29, 1.82) is 0 Å². The van der Waals surface area contributed by atoms with Crippen LogP contribution in [0.4, 0.5) is 16.2 Å². The highest BCUT2D eigenvalue weighted by atomic mass is 32.2. The number of nitrogens with one attached hydrogen (secondary N) is 2. The third kappa shape index (κ3) is 5.21. The summed E-state index contributed by atoms with van der Waals surface area (Å²) in [7, 11) is -4.33. The Bertz CT molecular complexity index is 1460. The number of nitrogens with two attached hydrogens (primary N) is 1. The molecule has 1 amide bonds. The Balaban J connectivity index is 1.71. The number of sulfonamides is 1. The van der Waals surface area contributed by atoms with Crippen LogP contribution < -0.4 is 16.4 Å². The van der Waals surface area contributed by atoms with Gasteiger partial charge in [-0.2, -0.15) is 8.42 Å². The fourth-order valence-electron chi connectivity index (χ4n) is 4.58. The van der Waals surface area contributed by atoms with E-state index in [4.69, 9.17) is 10.5 Å². The van der Waals surface area contributed by atoms with Crippen molar-refractivity contribution in [1.82, 2.24) is 0 Å². The zero-order chi connectivity index (χ0) is 28.0. The minimum absolute atomic E-state index is 0.119. The fourth-order valence-corrected chi connectivity index (χ4v) is 5.76. The van der Waals surface area contributed by atoms with Gasteiger partial charge in [-0.15, -0.1) is 4.40 Å². The Labute approximate surface area is 222 Å². The van der Waals surface area contributed by atoms with Crippen LogP contribution in [0.25, 0.3) is 0 Å². The Kier molecular flexibility index (Phi) is 6.96. The summed E-state index contributed by atoms with van der Waals surface area (Å²) in [5, 5.41) is 5.36. The van der Waals surface area contributed by atoms with Gasteiger partial charge in [-0.1, -0.05) is 38.1 Å². The molecule has 1 unspecified atom stereocenters. The lowest BCUT2D eigenvalue weighted by Crippen LogP contribution is -2.57. The van der Waals surface area contributed by atoms with E-state index in [0.717, 1.165) is 0 Å². The van der Waals surface area contributed by atoms with Crippen molar-refractivity contribution < 1.29 is 27.5 Å². The van der Waals surface area contributed by atoms with Gasteiger partial charge in [0.2, 0.25) is 0 Å². The number of carbonyl (C=O) groups is 3. The van der Waals surface area contributed by atoms with Gasteiger partial charge in [-0.3, -0.25) is 14.9 Å². The smallest absolute Gasteiger partial charge is 0.412 e. The third-order valence-electron chi connectivity index (χ3n) is 6.41. The molecular formula is C27H32N4O6S. The molecule has 38 heavy (non-hydrogen) atoms. The molecule has 2 atom stereocenters. The maximum atomic E-state index is 13.8. The van der Waals surface area contributed by atoms with E-state index in [2.05, 4.69) is 15.0 Å². The Hall–Kier alpha value is -3.57. The van der Waals surface area contributed by atoms with Gasteiger partial charge in [0.1, 0.15) is 27.8 Å². The summed E-state index contributed by atoms with van der Waals surface area (Å²) in [5.74, 6) is -2.72. The zero-order valence-electron chi connectivity index (χ0n) is 22.0. The SMILES string of the molecule is CC(C)CC[C@@]1(N)C(=O)C(C2=NS(=O)(=O)c3cc(NC(=O)OC(C)(C)C)ccc3N2)C(=O)c2ccccc21. The van der Waals surface area contributed by atoms with Gasteiger partial charge >= 0.3 is 6.09 Å². The number of nitrogens with zero attached hydrogens (tertiary/aromatic N) is 1. The molecule has 0 aromatic heterocycles. The van der Waals surface area contributed by atoms with Crippen LogP contribution in [0.3, 0.4) is 0 Å². The van der Waals surface area contributed by atoms with E-state index in [1.54, 1.807) is 45.0 Å². The summed E-state index contributed by atoms with van der Waals surface area (Å²) in [4.78, 5) is 39.2. The Morgan fingerprint density at radius 3 is 2.53 bits per heavy atom. The molecule has 0 fully saturated rings. The summed E-state index contributed by atoms with van der Waals surface area (Å²) in [6.45, 7) is 9.13. The summed E-state index contributed by atoms with van der Waals surface area (Å²) < 4.78 is 35.4. The van der Waals surface area contributed by atoms with Gasteiger partial charge in [-0.05, 0) is 63.3 Å². The topological polar surface area (TPSA) is 157 Å². The Morgan fingerprint density at radius 1 is 1.18 bits per heavy atom. The quantitative estimate of drug-likeness (QED) is 0.476. The molecule has 4 rings (SSSR count). The number of benzene rings is 2. The van der Waals surface area contributed by atoms with Crippen molar-refractivity contribution in [2.45, 2.75) is 63.5 Å². The second-order valence-electron chi connectivity index (χ2n) is 11.0. The molecule has 0 radical (unpaired) electrons. The van der Waals surface area contributed by atoms with Gasteiger partial charge in [0.25, 0.3) is 10.0 Å². The maximum Gasteiger partial charge on any atom is 0.412 e. The number of anilines is 2. The normalized spacial score (nSPS) is 22.2. The standard InChI is InChI=1S/C27H32N4O6S/c1-15(2)12-13-27(28)18-9-7-6-8-17(18)22(32)21(23(27)33)24-30-19-11-10-16(14-20(19)38(35,36)31-24)29-25(34)37-26(3,4)5/h6-11,14-15,21H,12-13,28H2,1-5H3,(H,29,34)(H,30,31)/t21?,27-/m0/s1. The molecule has 4 N–H and O–H groups in total. The number of amidine groups is 1. The average molecular weight is 541 g/mol. The molecule has 1 heterocycles. The van der Waals surface area contributed by atoms with Gasteiger partial charge in [0.05, 0.1) is 5.69 Å². The number of hydrogen-bond acceptors (Lipinski definition) is 8. The van der Waals surface area contributed by atoms with Crippen LogP contribution in [0.5, 0.6) is 0 Å². The van der Waals surface area contributed by atoms with Crippen molar-refractivity contribution in [3.05, 3.63) is 53.6 Å². The van der Waals surface area contributed by atoms with Gasteiger partial charge in [0, 0.05) is 11.3 Å². The van der Waals surface area contributed by atoms with Crippen LogP contribution in [0.15, 0.2) is 51.8 Å². The van der Waals surface area contributed by atoms with Crippen molar-refractivity contribution in [3.63, 3.8) is 0 Å². The van der Waals surface area contributed by atoms with Crippen molar-refractivity contribution >= 4 is 44.9 Å². The van der Waals surface area contributed by atoms with Crippen LogP contribution in [0.1, 0.15) is 63.4 Å². The van der Waals surface area contributed by atoms with Gasteiger partial charge < -0.3 is 15.8 Å². The van der Waals surface area contributed by atoms with Crippen LogP contribution >= 0.6 is 0 Å². The monoisotopic (exact) mass is 540 g/mol. The molecule has 0 spiro atoms. The molecule has 202 valence electrons. The predicted octanol–water partition coefficient (Wildman–Crippen LogP) is 4.22. The summed E-state index contributed by atoms with van der Waals surface area (Å²) in [6, 6.07) is 10.8. The number of ether oxygens (including phenoxy) is 1. The number of hydrogen-bond donors (Lipinski definition) is 3. The first-order valence-electron chi connectivity index (χ1n) is 12.4. The first kappa shape index (κ1) is 27.5. The lowest BCUT2D eigenvalue weighted by molar-refractivity contribution is -0.126. The molecule has 2 aliphatic rings. The van der Waals surface area contributed by atoms with Crippen LogP contribution in [0.2, 0.25) is 0 Å². The highest BCUT2D eigenvalue weighted by molar-refractivity contribution is 7.90. The number of ketones is 2. The molecule has 10 nitrogen and oxygen atoms in total. The minimum atomic E-state index is -4.33. The largest absolute Gasteiger partial charge is 0.444 e. The molecule has 11 heteroatoms. The number of Topliss-reactive ketones (excluding diaryl/α,β-unsaturated/α-hetero) is 2. The first-order chi connectivity index (χ1) is 17.6. The second-order valence-corrected chi connectivity index (χ2v) is 12.6. The lowest BCUT2D eigenvalue weighted by atomic mass is 9.67. The Morgan fingerprint density at radius 2 is 1.87 bits per heavy atom. The maximum absolute atomic E-state index is 13.8. The summed E-state index contributed by atoms with van der Waals surface area (Å²) in [6.07, 6.45) is 0.174. The first-order valence-corrected chi connectivity index (χ1v) is 13.8. The number of fused-ring (bicyclic) bond motifs is 2. The van der Waals surface area contributed by atoms with E-state index >= 15 is 0 Å². The molecule has 2 aromatic rings. The minimum Gasteiger partial charge on any atom is -0.444 e. The van der Waals surface area contributed by atoms with Crippen LogP contribution in [-0.2, 0) is 25.1 Å². The molecule has 2 aromatic carbocycles. The third-order valence-corrected chi connectivity index (χ3v) is 7.74. The van der Waals surface area contributed by atoms with Crippen LogP contribution in [0, 0.1) is 11.8 Å². The van der Waals surface area contributed by atoms with Crippen LogP contribution in [-0.4, -0.2) is 37.5 Å². The molecule has 0 saturated carbocycles. The van der Waals surface area contributed by atoms with E-state index in [-0.39, 0.29) is 33.6 Å². The van der Waals surface area contributed by atoms with Crippen molar-refractivity contribution in [2.75, 3.05) is 10.6 Å². The highest BCUT2D eigenvalue weighted by Gasteiger charge is 2.52. The van der Waals surface area contributed by atoms with Crippen molar-refractivity contribution in [3.8, 4) is 0 Å². The fraction of sp³-hybridized carbons (Fsp3) is 0.407.